The summed E-state index contributed by atoms with van der Waals surface area (Å²) in [4.78, 5) is 9.86. The second kappa shape index (κ2) is 13.4. The highest BCUT2D eigenvalue weighted by Gasteiger charge is 2.11. The lowest BCUT2D eigenvalue weighted by Crippen LogP contribution is -2.09. The molecular formula is C22H40N2. The van der Waals surface area contributed by atoms with Gasteiger partial charge in [0, 0.05) is 17.8 Å². The average Bonchev–Trinajstić information content (AvgIpc) is 2.60. The van der Waals surface area contributed by atoms with E-state index in [9.17, 15) is 0 Å². The van der Waals surface area contributed by atoms with Gasteiger partial charge in [-0.1, -0.05) is 79.1 Å². The molecule has 0 saturated heterocycles. The molecule has 0 aliphatic heterocycles. The predicted molar refractivity (Wildman–Crippen MR) is 106 cm³/mol. The highest BCUT2D eigenvalue weighted by atomic mass is 14.9. The first-order valence-corrected chi connectivity index (χ1v) is 10.6. The molecule has 0 aliphatic rings. The highest BCUT2D eigenvalue weighted by molar-refractivity contribution is 5.26. The standard InChI is InChI=1S/C22H40N2/c1-5-9-11-13-15-17-21-19(7-3)20(8-4)23-22(24-21)18-16-14-12-10-6-2/h5-18H2,1-4H3. The van der Waals surface area contributed by atoms with Crippen LogP contribution in [-0.4, -0.2) is 9.97 Å². The van der Waals surface area contributed by atoms with Crippen molar-refractivity contribution in [3.8, 4) is 0 Å². The fourth-order valence-electron chi connectivity index (χ4n) is 3.44. The predicted octanol–water partition coefficient (Wildman–Crippen LogP) is 6.63. The van der Waals surface area contributed by atoms with Crippen molar-refractivity contribution in [1.82, 2.24) is 9.97 Å². The monoisotopic (exact) mass is 332 g/mol. The molecule has 0 aliphatic carbocycles. The van der Waals surface area contributed by atoms with Crippen LogP contribution in [0.1, 0.15) is 115 Å². The largest absolute Gasteiger partial charge is 0.238 e. The molecule has 1 heterocycles. The number of hydrogen-bond acceptors (Lipinski definition) is 2. The van der Waals surface area contributed by atoms with Gasteiger partial charge in [0.2, 0.25) is 0 Å². The van der Waals surface area contributed by atoms with Crippen LogP contribution in [0.3, 0.4) is 0 Å². The summed E-state index contributed by atoms with van der Waals surface area (Å²) in [5.41, 5.74) is 4.09. The van der Waals surface area contributed by atoms with Crippen molar-refractivity contribution in [2.75, 3.05) is 0 Å². The minimum atomic E-state index is 1.04. The number of aromatic nitrogens is 2. The molecular weight excluding hydrogens is 292 g/mol. The van der Waals surface area contributed by atoms with Gasteiger partial charge in [0.05, 0.1) is 0 Å². The first-order chi connectivity index (χ1) is 11.8. The third-order valence-electron chi connectivity index (χ3n) is 4.93. The molecule has 0 unspecified atom stereocenters. The van der Waals surface area contributed by atoms with Gasteiger partial charge in [-0.15, -0.1) is 0 Å². The number of aryl methyl sites for hydroxylation is 3. The normalized spacial score (nSPS) is 11.2. The molecule has 2 nitrogen and oxygen atoms in total. The average molecular weight is 333 g/mol. The van der Waals surface area contributed by atoms with E-state index in [4.69, 9.17) is 9.97 Å². The van der Waals surface area contributed by atoms with E-state index in [1.165, 1.54) is 81.2 Å². The van der Waals surface area contributed by atoms with Gasteiger partial charge < -0.3 is 0 Å². The van der Waals surface area contributed by atoms with Crippen molar-refractivity contribution >= 4 is 0 Å². The summed E-state index contributed by atoms with van der Waals surface area (Å²) in [7, 11) is 0. The number of rotatable bonds is 14. The van der Waals surface area contributed by atoms with E-state index in [1.807, 2.05) is 0 Å². The van der Waals surface area contributed by atoms with Crippen molar-refractivity contribution < 1.29 is 0 Å². The quantitative estimate of drug-likeness (QED) is 0.357. The summed E-state index contributed by atoms with van der Waals surface area (Å²) in [5, 5.41) is 0. The first kappa shape index (κ1) is 21.1. The van der Waals surface area contributed by atoms with Gasteiger partial charge in [-0.05, 0) is 37.7 Å². The minimum Gasteiger partial charge on any atom is -0.238 e. The Bertz CT molecular complexity index is 440. The summed E-state index contributed by atoms with van der Waals surface area (Å²) < 4.78 is 0. The van der Waals surface area contributed by atoms with Gasteiger partial charge in [-0.3, -0.25) is 0 Å². The summed E-state index contributed by atoms with van der Waals surface area (Å²) in [6.45, 7) is 9.03. The molecule has 1 aromatic heterocycles. The van der Waals surface area contributed by atoms with Crippen molar-refractivity contribution in [2.24, 2.45) is 0 Å². The van der Waals surface area contributed by atoms with Crippen molar-refractivity contribution in [3.63, 3.8) is 0 Å². The zero-order valence-electron chi connectivity index (χ0n) is 16.8. The third-order valence-corrected chi connectivity index (χ3v) is 4.93. The third kappa shape index (κ3) is 7.77. The maximum atomic E-state index is 4.98. The van der Waals surface area contributed by atoms with Crippen molar-refractivity contribution in [3.05, 3.63) is 22.8 Å². The zero-order chi connectivity index (χ0) is 17.6. The zero-order valence-corrected chi connectivity index (χ0v) is 16.8. The van der Waals surface area contributed by atoms with E-state index in [0.29, 0.717) is 0 Å². The smallest absolute Gasteiger partial charge is 0.128 e. The van der Waals surface area contributed by atoms with Crippen LogP contribution in [0.15, 0.2) is 0 Å². The van der Waals surface area contributed by atoms with Gasteiger partial charge >= 0.3 is 0 Å². The molecule has 0 fully saturated rings. The van der Waals surface area contributed by atoms with E-state index >= 15 is 0 Å². The van der Waals surface area contributed by atoms with Crippen molar-refractivity contribution in [1.29, 1.82) is 0 Å². The summed E-state index contributed by atoms with van der Waals surface area (Å²) in [5.74, 6) is 1.10. The minimum absolute atomic E-state index is 1.04. The van der Waals surface area contributed by atoms with Crippen LogP contribution >= 0.6 is 0 Å². The molecule has 2 heteroatoms. The Balaban J connectivity index is 2.66. The SMILES string of the molecule is CCCCCCCc1nc(CC)c(CC)c(CCCCCCC)n1. The van der Waals surface area contributed by atoms with Crippen LogP contribution in [0.4, 0.5) is 0 Å². The number of unbranched alkanes of at least 4 members (excludes halogenated alkanes) is 8. The second-order valence-corrected chi connectivity index (χ2v) is 7.05. The van der Waals surface area contributed by atoms with Gasteiger partial charge in [0.25, 0.3) is 0 Å². The van der Waals surface area contributed by atoms with Crippen LogP contribution in [0.2, 0.25) is 0 Å². The lowest BCUT2D eigenvalue weighted by atomic mass is 10.0. The summed E-state index contributed by atoms with van der Waals surface area (Å²) in [6, 6.07) is 0. The first-order valence-electron chi connectivity index (χ1n) is 10.6. The molecule has 0 saturated carbocycles. The lowest BCUT2D eigenvalue weighted by Gasteiger charge is -2.14. The molecule has 0 spiro atoms. The lowest BCUT2D eigenvalue weighted by molar-refractivity contribution is 0.609. The molecule has 1 aromatic rings. The van der Waals surface area contributed by atoms with E-state index in [-0.39, 0.29) is 0 Å². The second-order valence-electron chi connectivity index (χ2n) is 7.05. The van der Waals surface area contributed by atoms with Crippen molar-refractivity contribution in [2.45, 2.75) is 118 Å². The van der Waals surface area contributed by atoms with Gasteiger partial charge in [-0.25, -0.2) is 9.97 Å². The molecule has 0 bridgehead atoms. The molecule has 24 heavy (non-hydrogen) atoms. The Morgan fingerprint density at radius 1 is 0.542 bits per heavy atom. The fourth-order valence-corrected chi connectivity index (χ4v) is 3.44. The summed E-state index contributed by atoms with van der Waals surface area (Å²) >= 11 is 0. The van der Waals surface area contributed by atoms with Crippen LogP contribution in [0.25, 0.3) is 0 Å². The number of nitrogens with zero attached hydrogens (tertiary/aromatic N) is 2. The molecule has 0 radical (unpaired) electrons. The maximum Gasteiger partial charge on any atom is 0.128 e. The van der Waals surface area contributed by atoms with Gasteiger partial charge in [0.15, 0.2) is 0 Å². The van der Waals surface area contributed by atoms with Gasteiger partial charge in [0.1, 0.15) is 5.82 Å². The van der Waals surface area contributed by atoms with E-state index in [0.717, 1.165) is 31.5 Å². The summed E-state index contributed by atoms with van der Waals surface area (Å²) in [6.07, 6.45) is 17.6. The molecule has 138 valence electrons. The Kier molecular flexibility index (Phi) is 11.8. The Labute approximate surface area is 150 Å². The molecule has 1 rings (SSSR count). The number of hydrogen-bond donors (Lipinski definition) is 0. The van der Waals surface area contributed by atoms with E-state index in [1.54, 1.807) is 0 Å². The van der Waals surface area contributed by atoms with E-state index < -0.39 is 0 Å². The van der Waals surface area contributed by atoms with Crippen LogP contribution in [0.5, 0.6) is 0 Å². The topological polar surface area (TPSA) is 25.8 Å². The van der Waals surface area contributed by atoms with Gasteiger partial charge in [-0.2, -0.15) is 0 Å². The Morgan fingerprint density at radius 2 is 1.08 bits per heavy atom. The Hall–Kier alpha value is -0.920. The highest BCUT2D eigenvalue weighted by Crippen LogP contribution is 2.18. The maximum absolute atomic E-state index is 4.98. The fraction of sp³-hybridized carbons (Fsp3) is 0.818. The van der Waals surface area contributed by atoms with Crippen LogP contribution in [-0.2, 0) is 25.7 Å². The molecule has 0 aromatic carbocycles. The van der Waals surface area contributed by atoms with Crippen LogP contribution in [0, 0.1) is 0 Å². The van der Waals surface area contributed by atoms with Crippen LogP contribution < -0.4 is 0 Å². The molecule has 0 atom stereocenters. The molecule has 0 N–H and O–H groups in total. The molecule has 0 amide bonds. The Morgan fingerprint density at radius 3 is 1.62 bits per heavy atom. The van der Waals surface area contributed by atoms with E-state index in [2.05, 4.69) is 27.7 Å².